The number of hydrogen-bond acceptors (Lipinski definition) is 1. The van der Waals surface area contributed by atoms with Gasteiger partial charge in [-0.2, -0.15) is 0 Å². The molecule has 0 aliphatic carbocycles. The van der Waals surface area contributed by atoms with Gasteiger partial charge in [-0.3, -0.25) is 0 Å². The molecule has 0 aromatic heterocycles. The van der Waals surface area contributed by atoms with Gasteiger partial charge in [-0.05, 0) is 12.1 Å². The van der Waals surface area contributed by atoms with Crippen LogP contribution in [0.15, 0.2) is 36.9 Å². The van der Waals surface area contributed by atoms with Crippen molar-refractivity contribution >= 4 is 5.69 Å². The summed E-state index contributed by atoms with van der Waals surface area (Å²) in [5, 5.41) is 0. The van der Waals surface area contributed by atoms with Crippen molar-refractivity contribution in [3.63, 3.8) is 0 Å². The van der Waals surface area contributed by atoms with Gasteiger partial charge in [0, 0.05) is 0 Å². The topological polar surface area (TPSA) is 13.6 Å². The van der Waals surface area contributed by atoms with Crippen LogP contribution in [0.5, 0.6) is 5.75 Å². The number of rotatable bonds is 3. The van der Waals surface area contributed by atoms with Gasteiger partial charge in [0.25, 0.3) is 0 Å². The molecule has 0 bridgehead atoms. The van der Waals surface area contributed by atoms with Gasteiger partial charge in [0.1, 0.15) is 12.4 Å². The lowest BCUT2D eigenvalue weighted by atomic mass is 10.3. The summed E-state index contributed by atoms with van der Waals surface area (Å²) in [6, 6.07) is 7.00. The molecular formula is C10H9NO. The Morgan fingerprint density at radius 2 is 2.08 bits per heavy atom. The van der Waals surface area contributed by atoms with Crippen LogP contribution in [0.1, 0.15) is 0 Å². The summed E-state index contributed by atoms with van der Waals surface area (Å²) in [5.41, 5.74) is 0.626. The van der Waals surface area contributed by atoms with E-state index in [2.05, 4.69) is 11.4 Å². The number of benzene rings is 1. The van der Waals surface area contributed by atoms with Gasteiger partial charge in [0.15, 0.2) is 5.69 Å². The molecule has 1 rings (SSSR count). The van der Waals surface area contributed by atoms with Crippen molar-refractivity contribution in [1.82, 2.24) is 0 Å². The molecule has 0 atom stereocenters. The van der Waals surface area contributed by atoms with Crippen molar-refractivity contribution < 1.29 is 4.74 Å². The van der Waals surface area contributed by atoms with Gasteiger partial charge >= 0.3 is 0 Å². The third-order valence-corrected chi connectivity index (χ3v) is 1.33. The third-order valence-electron chi connectivity index (χ3n) is 1.33. The maximum Gasteiger partial charge on any atom is 0.187 e. The Balaban J connectivity index is 2.66. The Bertz CT molecular complexity index is 295. The normalized spacial score (nSPS) is 8.58. The zero-order valence-electron chi connectivity index (χ0n) is 6.66. The third kappa shape index (κ3) is 2.14. The van der Waals surface area contributed by atoms with Gasteiger partial charge < -0.3 is 4.74 Å². The van der Waals surface area contributed by atoms with E-state index in [0.717, 1.165) is 5.75 Å². The lowest BCUT2D eigenvalue weighted by Gasteiger charge is -2.01. The van der Waals surface area contributed by atoms with E-state index in [1.54, 1.807) is 30.3 Å². The van der Waals surface area contributed by atoms with Crippen molar-refractivity contribution in [1.29, 1.82) is 0 Å². The highest BCUT2D eigenvalue weighted by Gasteiger charge is 1.91. The Morgan fingerprint density at radius 3 is 2.58 bits per heavy atom. The van der Waals surface area contributed by atoms with E-state index in [0.29, 0.717) is 12.3 Å². The fourth-order valence-corrected chi connectivity index (χ4v) is 0.772. The molecule has 0 amide bonds. The molecule has 0 heterocycles. The molecule has 60 valence electrons. The molecule has 0 saturated carbocycles. The summed E-state index contributed by atoms with van der Waals surface area (Å²) in [5.74, 6) is 0.766. The van der Waals surface area contributed by atoms with E-state index >= 15 is 0 Å². The van der Waals surface area contributed by atoms with Crippen LogP contribution in [-0.2, 0) is 0 Å². The van der Waals surface area contributed by atoms with E-state index < -0.39 is 0 Å². The first-order valence-electron chi connectivity index (χ1n) is 3.58. The summed E-state index contributed by atoms with van der Waals surface area (Å²) < 4.78 is 5.23. The number of ether oxygens (including phenoxy) is 1. The van der Waals surface area contributed by atoms with Crippen LogP contribution in [0.3, 0.4) is 0 Å². The SMILES string of the molecule is [C-]#[N+]c1ccc(OCC=C)cc1. The molecule has 12 heavy (non-hydrogen) atoms. The average molecular weight is 159 g/mol. The second-order valence-corrected chi connectivity index (χ2v) is 2.21. The van der Waals surface area contributed by atoms with Crippen molar-refractivity contribution in [3.05, 3.63) is 48.3 Å². The molecule has 2 nitrogen and oxygen atoms in total. The van der Waals surface area contributed by atoms with Crippen LogP contribution in [0, 0.1) is 6.57 Å². The monoisotopic (exact) mass is 159 g/mol. The first-order chi connectivity index (χ1) is 5.86. The molecule has 0 saturated heterocycles. The Labute approximate surface area is 71.9 Å². The summed E-state index contributed by atoms with van der Waals surface area (Å²) in [4.78, 5) is 3.27. The van der Waals surface area contributed by atoms with Gasteiger partial charge in [-0.1, -0.05) is 24.8 Å². The van der Waals surface area contributed by atoms with E-state index in [1.165, 1.54) is 0 Å². The molecule has 2 heteroatoms. The van der Waals surface area contributed by atoms with E-state index in [4.69, 9.17) is 11.3 Å². The summed E-state index contributed by atoms with van der Waals surface area (Å²) in [7, 11) is 0. The average Bonchev–Trinajstić information content (AvgIpc) is 2.15. The molecule has 0 N–H and O–H groups in total. The lowest BCUT2D eigenvalue weighted by Crippen LogP contribution is -1.91. The molecule has 0 aliphatic rings. The van der Waals surface area contributed by atoms with E-state index in [1.807, 2.05) is 0 Å². The predicted octanol–water partition coefficient (Wildman–Crippen LogP) is 2.80. The molecule has 1 aromatic carbocycles. The van der Waals surface area contributed by atoms with Gasteiger partial charge in [0.05, 0.1) is 6.57 Å². The van der Waals surface area contributed by atoms with E-state index in [-0.39, 0.29) is 0 Å². The minimum Gasteiger partial charge on any atom is -0.490 e. The summed E-state index contributed by atoms with van der Waals surface area (Å²) in [6.07, 6.45) is 1.68. The van der Waals surface area contributed by atoms with Crippen LogP contribution >= 0.6 is 0 Å². The zero-order chi connectivity index (χ0) is 8.81. The van der Waals surface area contributed by atoms with Crippen molar-refractivity contribution in [2.24, 2.45) is 0 Å². The summed E-state index contributed by atoms with van der Waals surface area (Å²) in [6.45, 7) is 10.8. The van der Waals surface area contributed by atoms with Crippen LogP contribution < -0.4 is 4.74 Å². The second kappa shape index (κ2) is 4.20. The Morgan fingerprint density at radius 1 is 1.42 bits per heavy atom. The quantitative estimate of drug-likeness (QED) is 0.488. The molecule has 0 aliphatic heterocycles. The first-order valence-corrected chi connectivity index (χ1v) is 3.58. The highest BCUT2D eigenvalue weighted by atomic mass is 16.5. The number of nitrogens with zero attached hydrogens (tertiary/aromatic N) is 1. The fraction of sp³-hybridized carbons (Fsp3) is 0.100. The van der Waals surface area contributed by atoms with Gasteiger partial charge in [-0.15, -0.1) is 0 Å². The fourth-order valence-electron chi connectivity index (χ4n) is 0.772. The number of hydrogen-bond donors (Lipinski definition) is 0. The highest BCUT2D eigenvalue weighted by molar-refractivity contribution is 5.46. The maximum absolute atomic E-state index is 6.72. The van der Waals surface area contributed by atoms with Crippen LogP contribution in [0.25, 0.3) is 4.85 Å². The molecule has 1 aromatic rings. The van der Waals surface area contributed by atoms with Crippen LogP contribution in [-0.4, -0.2) is 6.61 Å². The highest BCUT2D eigenvalue weighted by Crippen LogP contribution is 2.17. The molecular weight excluding hydrogens is 150 g/mol. The first kappa shape index (κ1) is 8.35. The summed E-state index contributed by atoms with van der Waals surface area (Å²) >= 11 is 0. The largest absolute Gasteiger partial charge is 0.490 e. The lowest BCUT2D eigenvalue weighted by molar-refractivity contribution is 0.363. The molecule has 0 fully saturated rings. The van der Waals surface area contributed by atoms with E-state index in [9.17, 15) is 0 Å². The van der Waals surface area contributed by atoms with Crippen molar-refractivity contribution in [3.8, 4) is 5.75 Å². The minimum atomic E-state index is 0.497. The van der Waals surface area contributed by atoms with Crippen LogP contribution in [0.2, 0.25) is 0 Å². The molecule has 0 unspecified atom stereocenters. The van der Waals surface area contributed by atoms with Crippen LogP contribution in [0.4, 0.5) is 5.69 Å². The Kier molecular flexibility index (Phi) is 2.92. The smallest absolute Gasteiger partial charge is 0.187 e. The van der Waals surface area contributed by atoms with Gasteiger partial charge in [-0.25, -0.2) is 4.85 Å². The van der Waals surface area contributed by atoms with Crippen molar-refractivity contribution in [2.45, 2.75) is 0 Å². The minimum absolute atomic E-state index is 0.497. The predicted molar refractivity (Wildman–Crippen MR) is 48.4 cm³/mol. The van der Waals surface area contributed by atoms with Gasteiger partial charge in [0.2, 0.25) is 0 Å². The zero-order valence-corrected chi connectivity index (χ0v) is 6.66. The Hall–Kier alpha value is -1.75. The molecule has 0 radical (unpaired) electrons. The second-order valence-electron chi connectivity index (χ2n) is 2.21. The molecule has 0 spiro atoms. The standard InChI is InChI=1S/C10H9NO/c1-3-8-12-10-6-4-9(11-2)5-7-10/h3-7H,1,8H2. The van der Waals surface area contributed by atoms with Crippen molar-refractivity contribution in [2.75, 3.05) is 6.61 Å². The maximum atomic E-state index is 6.72.